The highest BCUT2D eigenvalue weighted by atomic mass is 16.6. The van der Waals surface area contributed by atoms with E-state index < -0.39 is 4.92 Å². The van der Waals surface area contributed by atoms with Gasteiger partial charge in [-0.25, -0.2) is 0 Å². The predicted molar refractivity (Wildman–Crippen MR) is 76.7 cm³/mol. The summed E-state index contributed by atoms with van der Waals surface area (Å²) >= 11 is 0. The molecule has 2 aromatic carbocycles. The first-order valence-electron chi connectivity index (χ1n) is 5.82. The van der Waals surface area contributed by atoms with Crippen LogP contribution in [0.3, 0.4) is 0 Å². The highest BCUT2D eigenvalue weighted by Crippen LogP contribution is 2.27. The second kappa shape index (κ2) is 5.28. The Kier molecular flexibility index (Phi) is 3.53. The van der Waals surface area contributed by atoms with Crippen LogP contribution in [0.2, 0.25) is 0 Å². The molecule has 0 aromatic heterocycles. The van der Waals surface area contributed by atoms with Crippen molar-refractivity contribution in [3.05, 3.63) is 57.6 Å². The van der Waals surface area contributed by atoms with Crippen LogP contribution in [0.4, 0.5) is 22.7 Å². The fourth-order valence-corrected chi connectivity index (χ4v) is 1.79. The van der Waals surface area contributed by atoms with Crippen molar-refractivity contribution in [2.45, 2.75) is 6.92 Å². The van der Waals surface area contributed by atoms with Crippen molar-refractivity contribution in [1.82, 2.24) is 0 Å². The lowest BCUT2D eigenvalue weighted by atomic mass is 10.1. The van der Waals surface area contributed by atoms with Gasteiger partial charge in [-0.05, 0) is 30.7 Å². The average molecular weight is 268 g/mol. The number of rotatable bonds is 3. The van der Waals surface area contributed by atoms with Crippen molar-refractivity contribution in [3.63, 3.8) is 0 Å². The first-order valence-corrected chi connectivity index (χ1v) is 5.82. The van der Waals surface area contributed by atoms with Gasteiger partial charge in [0.1, 0.15) is 0 Å². The Morgan fingerprint density at radius 3 is 2.70 bits per heavy atom. The fraction of sp³-hybridized carbons (Fsp3) is 0.0714. The summed E-state index contributed by atoms with van der Waals surface area (Å²) in [4.78, 5) is 10.3. The van der Waals surface area contributed by atoms with Crippen LogP contribution in [0.5, 0.6) is 0 Å². The van der Waals surface area contributed by atoms with Crippen LogP contribution in [-0.2, 0) is 0 Å². The summed E-state index contributed by atoms with van der Waals surface area (Å²) in [5.41, 5.74) is 8.52. The molecule has 2 rings (SSSR count). The number of nitrogen functional groups attached to an aromatic ring is 1. The van der Waals surface area contributed by atoms with Crippen molar-refractivity contribution in [2.24, 2.45) is 0 Å². The molecule has 0 saturated carbocycles. The molecule has 20 heavy (non-hydrogen) atoms. The zero-order chi connectivity index (χ0) is 14.7. The molecule has 2 aromatic rings. The Bertz CT molecular complexity index is 720. The van der Waals surface area contributed by atoms with Gasteiger partial charge in [0.2, 0.25) is 0 Å². The lowest BCUT2D eigenvalue weighted by Crippen LogP contribution is -1.97. The molecule has 0 saturated heterocycles. The zero-order valence-electron chi connectivity index (χ0n) is 10.8. The quantitative estimate of drug-likeness (QED) is 0.505. The third kappa shape index (κ3) is 2.84. The molecule has 3 N–H and O–H groups in total. The summed E-state index contributed by atoms with van der Waals surface area (Å²) in [7, 11) is 0. The third-order valence-electron chi connectivity index (χ3n) is 2.80. The van der Waals surface area contributed by atoms with E-state index in [1.54, 1.807) is 18.2 Å². The Labute approximate surface area is 115 Å². The van der Waals surface area contributed by atoms with E-state index in [0.29, 0.717) is 22.6 Å². The van der Waals surface area contributed by atoms with Crippen molar-refractivity contribution in [3.8, 4) is 6.07 Å². The SMILES string of the molecule is Cc1ccc(C#N)cc1Nc1cc(N)cc([N+](=O)[O-])c1. The number of nitrogens with one attached hydrogen (secondary N) is 1. The average Bonchev–Trinajstić information content (AvgIpc) is 2.40. The van der Waals surface area contributed by atoms with Crippen molar-refractivity contribution >= 4 is 22.7 Å². The minimum absolute atomic E-state index is 0.0819. The Balaban J connectivity index is 2.40. The van der Waals surface area contributed by atoms with E-state index >= 15 is 0 Å². The zero-order valence-corrected chi connectivity index (χ0v) is 10.8. The molecular weight excluding hydrogens is 256 g/mol. The Morgan fingerprint density at radius 2 is 2.05 bits per heavy atom. The van der Waals surface area contributed by atoms with Gasteiger partial charge >= 0.3 is 0 Å². The van der Waals surface area contributed by atoms with E-state index in [9.17, 15) is 10.1 Å². The molecule has 0 amide bonds. The number of hydrogen-bond donors (Lipinski definition) is 2. The maximum Gasteiger partial charge on any atom is 0.273 e. The van der Waals surface area contributed by atoms with Gasteiger partial charge in [0, 0.05) is 29.2 Å². The second-order valence-corrected chi connectivity index (χ2v) is 4.34. The van der Waals surface area contributed by atoms with Crippen LogP contribution in [0.1, 0.15) is 11.1 Å². The van der Waals surface area contributed by atoms with E-state index in [1.807, 2.05) is 19.1 Å². The number of nitrogens with zero attached hydrogens (tertiary/aromatic N) is 2. The topological polar surface area (TPSA) is 105 Å². The molecule has 0 radical (unpaired) electrons. The monoisotopic (exact) mass is 268 g/mol. The van der Waals surface area contributed by atoms with Gasteiger partial charge in [0.25, 0.3) is 5.69 Å². The highest BCUT2D eigenvalue weighted by molar-refractivity contribution is 5.70. The normalized spacial score (nSPS) is 9.80. The van der Waals surface area contributed by atoms with E-state index in [1.165, 1.54) is 12.1 Å². The van der Waals surface area contributed by atoms with E-state index in [2.05, 4.69) is 5.32 Å². The molecule has 0 spiro atoms. The molecule has 0 aliphatic heterocycles. The van der Waals surface area contributed by atoms with Crippen LogP contribution < -0.4 is 11.1 Å². The number of aryl methyl sites for hydroxylation is 1. The smallest absolute Gasteiger partial charge is 0.273 e. The van der Waals surface area contributed by atoms with Crippen molar-refractivity contribution in [2.75, 3.05) is 11.1 Å². The van der Waals surface area contributed by atoms with Crippen LogP contribution in [0.25, 0.3) is 0 Å². The largest absolute Gasteiger partial charge is 0.398 e. The molecule has 6 heteroatoms. The molecular formula is C14H12N4O2. The number of nitro benzene ring substituents is 1. The van der Waals surface area contributed by atoms with Crippen LogP contribution in [0.15, 0.2) is 36.4 Å². The standard InChI is InChI=1S/C14H12N4O2/c1-9-2-3-10(8-15)4-14(9)17-12-5-11(16)6-13(7-12)18(19)20/h2-7,17H,16H2,1H3. The summed E-state index contributed by atoms with van der Waals surface area (Å²) < 4.78 is 0. The maximum atomic E-state index is 10.8. The number of nitrogens with two attached hydrogens (primary N) is 1. The molecule has 0 heterocycles. The van der Waals surface area contributed by atoms with E-state index in [0.717, 1.165) is 5.56 Å². The van der Waals surface area contributed by atoms with Crippen molar-refractivity contribution < 1.29 is 4.92 Å². The number of nitriles is 1. The highest BCUT2D eigenvalue weighted by Gasteiger charge is 2.09. The van der Waals surface area contributed by atoms with Crippen molar-refractivity contribution in [1.29, 1.82) is 5.26 Å². The molecule has 6 nitrogen and oxygen atoms in total. The summed E-state index contributed by atoms with van der Waals surface area (Å²) in [6, 6.07) is 11.5. The summed E-state index contributed by atoms with van der Waals surface area (Å²) in [5, 5.41) is 22.7. The second-order valence-electron chi connectivity index (χ2n) is 4.34. The van der Waals surface area contributed by atoms with Gasteiger partial charge in [-0.1, -0.05) is 6.07 Å². The number of hydrogen-bond acceptors (Lipinski definition) is 5. The minimum atomic E-state index is -0.500. The van der Waals surface area contributed by atoms with Crippen LogP contribution in [0, 0.1) is 28.4 Å². The predicted octanol–water partition coefficient (Wildman–Crippen LogP) is 3.10. The van der Waals surface area contributed by atoms with Gasteiger partial charge < -0.3 is 11.1 Å². The van der Waals surface area contributed by atoms with Gasteiger partial charge in [0.05, 0.1) is 16.6 Å². The molecule has 0 unspecified atom stereocenters. The molecule has 0 bridgehead atoms. The fourth-order valence-electron chi connectivity index (χ4n) is 1.79. The number of non-ortho nitro benzene ring substituents is 1. The van der Waals surface area contributed by atoms with Crippen LogP contribution in [-0.4, -0.2) is 4.92 Å². The number of anilines is 3. The molecule has 0 fully saturated rings. The molecule has 0 aliphatic rings. The molecule has 0 aliphatic carbocycles. The first kappa shape index (κ1) is 13.4. The lowest BCUT2D eigenvalue weighted by Gasteiger charge is -2.10. The minimum Gasteiger partial charge on any atom is -0.398 e. The van der Waals surface area contributed by atoms with Crippen LogP contribution >= 0.6 is 0 Å². The Morgan fingerprint density at radius 1 is 1.30 bits per heavy atom. The van der Waals surface area contributed by atoms with Gasteiger partial charge in [-0.15, -0.1) is 0 Å². The third-order valence-corrected chi connectivity index (χ3v) is 2.80. The van der Waals surface area contributed by atoms with Gasteiger partial charge in [-0.3, -0.25) is 10.1 Å². The first-order chi connectivity index (χ1) is 9.49. The van der Waals surface area contributed by atoms with E-state index in [-0.39, 0.29) is 5.69 Å². The summed E-state index contributed by atoms with van der Waals surface area (Å²) in [5.74, 6) is 0. The Hall–Kier alpha value is -3.07. The summed E-state index contributed by atoms with van der Waals surface area (Å²) in [6.07, 6.45) is 0. The summed E-state index contributed by atoms with van der Waals surface area (Å²) in [6.45, 7) is 1.88. The molecule has 100 valence electrons. The van der Waals surface area contributed by atoms with E-state index in [4.69, 9.17) is 11.0 Å². The molecule has 0 atom stereocenters. The van der Waals surface area contributed by atoms with Gasteiger partial charge in [-0.2, -0.15) is 5.26 Å². The number of nitro groups is 1. The maximum absolute atomic E-state index is 10.8. The number of benzene rings is 2. The van der Waals surface area contributed by atoms with Gasteiger partial charge in [0.15, 0.2) is 0 Å². The lowest BCUT2D eigenvalue weighted by molar-refractivity contribution is -0.384.